The van der Waals surface area contributed by atoms with Crippen LogP contribution in [0.4, 0.5) is 0 Å². The van der Waals surface area contributed by atoms with Crippen LogP contribution in [-0.4, -0.2) is 227 Å². The van der Waals surface area contributed by atoms with Crippen LogP contribution in [0.1, 0.15) is 0 Å². The van der Waals surface area contributed by atoms with Gasteiger partial charge in [0.05, 0.1) is 134 Å². The van der Waals surface area contributed by atoms with Gasteiger partial charge in [-0.15, -0.1) is 0 Å². The highest BCUT2D eigenvalue weighted by Gasteiger charge is 2.25. The molecular formula is C34H72N5O6+5. The van der Waals surface area contributed by atoms with Crippen molar-refractivity contribution in [2.75, 3.05) is 174 Å². The third kappa shape index (κ3) is 20.4. The Morgan fingerprint density at radius 1 is 0.289 bits per heavy atom. The van der Waals surface area contributed by atoms with Crippen LogP contribution in [0.15, 0.2) is 48.6 Å². The number of hydrogen-bond donors (Lipinski definition) is 6. The lowest BCUT2D eigenvalue weighted by Crippen LogP contribution is -2.53. The van der Waals surface area contributed by atoms with E-state index < -0.39 is 0 Å². The molecule has 0 atom stereocenters. The highest BCUT2D eigenvalue weighted by molar-refractivity contribution is 4.87. The molecule has 6 N–H and O–H groups in total. The van der Waals surface area contributed by atoms with E-state index in [1.54, 1.807) is 0 Å². The first-order valence-electron chi connectivity index (χ1n) is 16.6. The molecule has 0 rings (SSSR count). The van der Waals surface area contributed by atoms with Gasteiger partial charge in [-0.2, -0.15) is 0 Å². The summed E-state index contributed by atoms with van der Waals surface area (Å²) in [4.78, 5) is 0. The van der Waals surface area contributed by atoms with Crippen molar-refractivity contribution in [3.63, 3.8) is 0 Å². The summed E-state index contributed by atoms with van der Waals surface area (Å²) < 4.78 is 3.51. The van der Waals surface area contributed by atoms with Crippen molar-refractivity contribution in [2.24, 2.45) is 0 Å². The first-order valence-corrected chi connectivity index (χ1v) is 16.6. The minimum atomic E-state index is 0.0352. The first-order chi connectivity index (χ1) is 21.2. The monoisotopic (exact) mass is 647 g/mol. The third-order valence-corrected chi connectivity index (χ3v) is 8.70. The van der Waals surface area contributed by atoms with Crippen molar-refractivity contribution >= 4 is 0 Å². The van der Waals surface area contributed by atoms with E-state index in [9.17, 15) is 30.6 Å². The van der Waals surface area contributed by atoms with Gasteiger partial charge in [0.25, 0.3) is 0 Å². The Morgan fingerprint density at radius 2 is 0.444 bits per heavy atom. The SMILES string of the molecule is C[N+](C)(C/C=C/C[N+](C)(C)C/C=C/C[N+](CCO)(CCO)CCO)C/C=C/C[N+](C)(C)C/C=C/C[N+](CCO)(CCO)CCO. The lowest BCUT2D eigenvalue weighted by molar-refractivity contribution is -0.923. The van der Waals surface area contributed by atoms with E-state index in [0.29, 0.717) is 61.3 Å². The van der Waals surface area contributed by atoms with Gasteiger partial charge in [0.15, 0.2) is 0 Å². The van der Waals surface area contributed by atoms with Crippen LogP contribution in [0.2, 0.25) is 0 Å². The Labute approximate surface area is 275 Å². The molecule has 0 amide bonds. The van der Waals surface area contributed by atoms with Crippen molar-refractivity contribution in [1.29, 1.82) is 0 Å². The molecule has 11 nitrogen and oxygen atoms in total. The van der Waals surface area contributed by atoms with E-state index in [1.807, 2.05) is 0 Å². The first kappa shape index (κ1) is 43.5. The second kappa shape index (κ2) is 22.9. The molecule has 0 fully saturated rings. The van der Waals surface area contributed by atoms with Gasteiger partial charge in [-0.05, 0) is 48.6 Å². The highest BCUT2D eigenvalue weighted by Crippen LogP contribution is 2.09. The van der Waals surface area contributed by atoms with Gasteiger partial charge < -0.3 is 53.1 Å². The summed E-state index contributed by atoms with van der Waals surface area (Å²) in [5, 5.41) is 56.8. The zero-order valence-corrected chi connectivity index (χ0v) is 29.7. The maximum absolute atomic E-state index is 9.47. The average molecular weight is 647 g/mol. The fourth-order valence-electron chi connectivity index (χ4n) is 5.47. The number of likely N-dealkylation sites (N-methyl/N-ethyl adjacent to an activating group) is 3. The molecule has 0 saturated heterocycles. The van der Waals surface area contributed by atoms with E-state index in [1.165, 1.54) is 0 Å². The summed E-state index contributed by atoms with van der Waals surface area (Å²) in [6.07, 6.45) is 17.7. The Morgan fingerprint density at radius 3 is 0.600 bits per heavy atom. The number of aliphatic hydroxyl groups excluding tert-OH is 6. The molecule has 0 aliphatic rings. The normalized spacial score (nSPS) is 14.3. The molecule has 0 heterocycles. The number of quaternary nitrogens is 5. The minimum absolute atomic E-state index is 0.0352. The number of nitrogens with zero attached hydrogens (tertiary/aromatic N) is 5. The van der Waals surface area contributed by atoms with Gasteiger partial charge >= 0.3 is 0 Å². The summed E-state index contributed by atoms with van der Waals surface area (Å²) in [5.41, 5.74) is 0. The van der Waals surface area contributed by atoms with Gasteiger partial charge in [-0.1, -0.05) is 0 Å². The van der Waals surface area contributed by atoms with Crippen molar-refractivity contribution in [1.82, 2.24) is 0 Å². The Hall–Kier alpha value is -1.48. The summed E-state index contributed by atoms with van der Waals surface area (Å²) in [7, 11) is 13.3. The van der Waals surface area contributed by atoms with Crippen LogP contribution < -0.4 is 0 Å². The van der Waals surface area contributed by atoms with Crippen molar-refractivity contribution in [2.45, 2.75) is 0 Å². The molecule has 0 unspecified atom stereocenters. The lowest BCUT2D eigenvalue weighted by atomic mass is 10.2. The Balaban J connectivity index is 4.74. The molecule has 11 heteroatoms. The molecule has 0 aromatic rings. The second-order valence-electron chi connectivity index (χ2n) is 14.5. The topological polar surface area (TPSA) is 121 Å². The highest BCUT2D eigenvalue weighted by atomic mass is 16.3. The minimum Gasteiger partial charge on any atom is -0.391 e. The van der Waals surface area contributed by atoms with Crippen LogP contribution in [0.5, 0.6) is 0 Å². The molecule has 0 radical (unpaired) electrons. The standard InChI is InChI=1S/C34H72N5O6/c1-35(2,15-7-9-17-36(3,4)19-11-13-21-38(23-29-40,24-30-41)25-31-42)16-8-10-18-37(5,6)20-12-14-22-39(26-32-43,27-33-44)28-34-45/h7-14,40-45H,15-34H2,1-6H3/q+5/b9-7+,10-8+,13-11+,14-12+. The van der Waals surface area contributed by atoms with E-state index in [4.69, 9.17) is 0 Å². The Bertz CT molecular complexity index is 771. The number of aliphatic hydroxyl groups is 6. The lowest BCUT2D eigenvalue weighted by Gasteiger charge is -2.36. The van der Waals surface area contributed by atoms with Crippen LogP contribution in [-0.2, 0) is 0 Å². The van der Waals surface area contributed by atoms with Crippen molar-refractivity contribution in [3.05, 3.63) is 48.6 Å². The second-order valence-corrected chi connectivity index (χ2v) is 14.5. The predicted molar refractivity (Wildman–Crippen MR) is 184 cm³/mol. The van der Waals surface area contributed by atoms with Gasteiger partial charge in [0.2, 0.25) is 0 Å². The largest absolute Gasteiger partial charge is 0.391 e. The molecule has 0 aliphatic carbocycles. The fourth-order valence-corrected chi connectivity index (χ4v) is 5.47. The zero-order valence-electron chi connectivity index (χ0n) is 29.7. The Kier molecular flexibility index (Phi) is 22.2. The maximum atomic E-state index is 9.47. The molecule has 0 aromatic carbocycles. The molecule has 0 aliphatic heterocycles. The van der Waals surface area contributed by atoms with Crippen molar-refractivity contribution in [3.8, 4) is 0 Å². The maximum Gasteiger partial charge on any atom is 0.102 e. The molecule has 0 saturated carbocycles. The summed E-state index contributed by atoms with van der Waals surface area (Å²) in [6, 6.07) is 0. The summed E-state index contributed by atoms with van der Waals surface area (Å²) >= 11 is 0. The zero-order chi connectivity index (χ0) is 34.3. The van der Waals surface area contributed by atoms with Crippen LogP contribution in [0, 0.1) is 0 Å². The van der Waals surface area contributed by atoms with Gasteiger partial charge in [0.1, 0.15) is 39.3 Å². The van der Waals surface area contributed by atoms with Crippen LogP contribution in [0.3, 0.4) is 0 Å². The van der Waals surface area contributed by atoms with Gasteiger partial charge in [-0.3, -0.25) is 0 Å². The summed E-state index contributed by atoms with van der Waals surface area (Å²) in [5.74, 6) is 0. The van der Waals surface area contributed by atoms with Crippen LogP contribution >= 0.6 is 0 Å². The van der Waals surface area contributed by atoms with E-state index >= 15 is 0 Å². The predicted octanol–water partition coefficient (Wildman–Crippen LogP) is -0.972. The van der Waals surface area contributed by atoms with Crippen LogP contribution in [0.25, 0.3) is 0 Å². The number of rotatable bonds is 28. The molecule has 0 bridgehead atoms. The third-order valence-electron chi connectivity index (χ3n) is 8.70. The molecule has 0 aromatic heterocycles. The molecule has 264 valence electrons. The van der Waals surface area contributed by atoms with Gasteiger partial charge in [-0.25, -0.2) is 0 Å². The molecular weight excluding hydrogens is 574 g/mol. The molecule has 45 heavy (non-hydrogen) atoms. The number of hydrogen-bond acceptors (Lipinski definition) is 6. The molecule has 0 spiro atoms. The smallest absolute Gasteiger partial charge is 0.102 e. The van der Waals surface area contributed by atoms with E-state index in [2.05, 4.69) is 90.9 Å². The fraction of sp³-hybridized carbons (Fsp3) is 0.765. The van der Waals surface area contributed by atoms with Gasteiger partial charge in [0, 0.05) is 0 Å². The van der Waals surface area contributed by atoms with E-state index in [-0.39, 0.29) is 39.6 Å². The van der Waals surface area contributed by atoms with E-state index in [0.717, 1.165) is 52.7 Å². The quantitative estimate of drug-likeness (QED) is 0.0481. The average Bonchev–Trinajstić information content (AvgIpc) is 2.95. The summed E-state index contributed by atoms with van der Waals surface area (Å²) in [6.45, 7) is 10.2. The van der Waals surface area contributed by atoms with Crippen molar-refractivity contribution < 1.29 is 53.1 Å².